The average molecular weight is 234 g/mol. The first-order valence-corrected chi connectivity index (χ1v) is 6.44. The van der Waals surface area contributed by atoms with E-state index in [1.54, 1.807) is 7.11 Å². The molecule has 0 N–H and O–H groups in total. The van der Waals surface area contributed by atoms with Gasteiger partial charge in [0, 0.05) is 18.3 Å². The van der Waals surface area contributed by atoms with E-state index in [2.05, 4.69) is 29.8 Å². The number of rotatable bonds is 3. The molecule has 0 saturated carbocycles. The van der Waals surface area contributed by atoms with E-state index >= 15 is 0 Å². The largest absolute Gasteiger partial charge is 0.481 e. The van der Waals surface area contributed by atoms with Gasteiger partial charge in [-0.1, -0.05) is 6.07 Å². The molecule has 0 spiro atoms. The second-order valence-corrected chi connectivity index (χ2v) is 5.04. The number of pyridine rings is 1. The minimum absolute atomic E-state index is 0.670. The van der Waals surface area contributed by atoms with Crippen LogP contribution in [0.5, 0.6) is 5.88 Å². The first kappa shape index (κ1) is 12.4. The molecule has 3 heteroatoms. The van der Waals surface area contributed by atoms with E-state index in [0.717, 1.165) is 0 Å². The van der Waals surface area contributed by atoms with Crippen LogP contribution >= 0.6 is 0 Å². The predicted octanol–water partition coefficient (Wildman–Crippen LogP) is 2.68. The summed E-state index contributed by atoms with van der Waals surface area (Å²) in [7, 11) is 1.66. The van der Waals surface area contributed by atoms with Gasteiger partial charge in [-0.15, -0.1) is 0 Å². The van der Waals surface area contributed by atoms with E-state index in [0.29, 0.717) is 17.8 Å². The van der Waals surface area contributed by atoms with Crippen molar-refractivity contribution in [2.75, 3.05) is 20.2 Å². The molecule has 1 aromatic heterocycles. The van der Waals surface area contributed by atoms with Crippen LogP contribution in [0.4, 0.5) is 0 Å². The third-order valence-electron chi connectivity index (χ3n) is 3.70. The topological polar surface area (TPSA) is 25.4 Å². The Balaban J connectivity index is 1.95. The van der Waals surface area contributed by atoms with E-state index in [1.807, 2.05) is 12.3 Å². The van der Waals surface area contributed by atoms with Gasteiger partial charge >= 0.3 is 0 Å². The molecule has 1 saturated heterocycles. The van der Waals surface area contributed by atoms with Gasteiger partial charge < -0.3 is 9.64 Å². The van der Waals surface area contributed by atoms with E-state index < -0.39 is 0 Å². The standard InChI is InChI=1S/C14H22N2O/c1-11(2)16-8-6-12(7-9-16)13-4-5-14(17-3)15-10-13/h4-5,10-12H,6-9H2,1-3H3. The number of hydrogen-bond acceptors (Lipinski definition) is 3. The van der Waals surface area contributed by atoms with Gasteiger partial charge in [0.2, 0.25) is 5.88 Å². The summed E-state index contributed by atoms with van der Waals surface area (Å²) < 4.78 is 5.09. The van der Waals surface area contributed by atoms with Gasteiger partial charge in [0.25, 0.3) is 0 Å². The van der Waals surface area contributed by atoms with Gasteiger partial charge in [0.1, 0.15) is 0 Å². The Labute approximate surface area is 104 Å². The van der Waals surface area contributed by atoms with Crippen LogP contribution in [-0.2, 0) is 0 Å². The van der Waals surface area contributed by atoms with Crippen LogP contribution in [0.15, 0.2) is 18.3 Å². The van der Waals surface area contributed by atoms with Crippen molar-refractivity contribution in [2.45, 2.75) is 38.6 Å². The van der Waals surface area contributed by atoms with E-state index in [9.17, 15) is 0 Å². The third-order valence-corrected chi connectivity index (χ3v) is 3.70. The van der Waals surface area contributed by atoms with Crippen molar-refractivity contribution in [1.29, 1.82) is 0 Å². The quantitative estimate of drug-likeness (QED) is 0.804. The fourth-order valence-corrected chi connectivity index (χ4v) is 2.50. The lowest BCUT2D eigenvalue weighted by atomic mass is 9.90. The molecule has 1 aliphatic rings. The van der Waals surface area contributed by atoms with Crippen molar-refractivity contribution in [3.8, 4) is 5.88 Å². The number of likely N-dealkylation sites (tertiary alicyclic amines) is 1. The molecule has 2 heterocycles. The third kappa shape index (κ3) is 2.97. The molecule has 2 rings (SSSR count). The lowest BCUT2D eigenvalue weighted by molar-refractivity contribution is 0.172. The summed E-state index contributed by atoms with van der Waals surface area (Å²) in [5.74, 6) is 1.37. The number of hydrogen-bond donors (Lipinski definition) is 0. The van der Waals surface area contributed by atoms with Gasteiger partial charge in [0.15, 0.2) is 0 Å². The monoisotopic (exact) mass is 234 g/mol. The van der Waals surface area contributed by atoms with Gasteiger partial charge in [-0.05, 0) is 51.3 Å². The summed E-state index contributed by atoms with van der Waals surface area (Å²) in [5.41, 5.74) is 1.36. The van der Waals surface area contributed by atoms with Crippen molar-refractivity contribution in [2.24, 2.45) is 0 Å². The first-order chi connectivity index (χ1) is 8.20. The number of aromatic nitrogens is 1. The van der Waals surface area contributed by atoms with Crippen molar-refractivity contribution in [3.63, 3.8) is 0 Å². The zero-order chi connectivity index (χ0) is 12.3. The van der Waals surface area contributed by atoms with Gasteiger partial charge in [-0.2, -0.15) is 0 Å². The molecule has 0 unspecified atom stereocenters. The minimum Gasteiger partial charge on any atom is -0.481 e. The predicted molar refractivity (Wildman–Crippen MR) is 69.5 cm³/mol. The maximum atomic E-state index is 5.09. The molecule has 0 amide bonds. The van der Waals surface area contributed by atoms with E-state index in [4.69, 9.17) is 4.74 Å². The Kier molecular flexibility index (Phi) is 4.00. The molecule has 1 fully saturated rings. The average Bonchev–Trinajstić information content (AvgIpc) is 2.39. The first-order valence-electron chi connectivity index (χ1n) is 6.44. The highest BCUT2D eigenvalue weighted by atomic mass is 16.5. The highest BCUT2D eigenvalue weighted by molar-refractivity contribution is 5.21. The molecule has 17 heavy (non-hydrogen) atoms. The second kappa shape index (κ2) is 5.50. The molecule has 0 bridgehead atoms. The summed E-state index contributed by atoms with van der Waals surface area (Å²) in [4.78, 5) is 6.84. The number of methoxy groups -OCH3 is 1. The maximum absolute atomic E-state index is 5.09. The number of ether oxygens (including phenoxy) is 1. The van der Waals surface area contributed by atoms with Crippen molar-refractivity contribution in [1.82, 2.24) is 9.88 Å². The van der Waals surface area contributed by atoms with E-state index in [-0.39, 0.29) is 0 Å². The van der Waals surface area contributed by atoms with Gasteiger partial charge in [0.05, 0.1) is 7.11 Å². The highest BCUT2D eigenvalue weighted by Gasteiger charge is 2.22. The van der Waals surface area contributed by atoms with Crippen molar-refractivity contribution < 1.29 is 4.74 Å². The Morgan fingerprint density at radius 2 is 2.00 bits per heavy atom. The summed E-state index contributed by atoms with van der Waals surface area (Å²) in [6.45, 7) is 6.95. The van der Waals surface area contributed by atoms with Crippen LogP contribution in [0, 0.1) is 0 Å². The molecule has 0 radical (unpaired) electrons. The molecule has 94 valence electrons. The molecule has 0 aliphatic carbocycles. The second-order valence-electron chi connectivity index (χ2n) is 5.04. The Morgan fingerprint density at radius 1 is 1.29 bits per heavy atom. The zero-order valence-electron chi connectivity index (χ0n) is 11.0. The normalized spacial score (nSPS) is 18.6. The lowest BCUT2D eigenvalue weighted by Crippen LogP contribution is -2.37. The lowest BCUT2D eigenvalue weighted by Gasteiger charge is -2.34. The van der Waals surface area contributed by atoms with Crippen LogP contribution in [-0.4, -0.2) is 36.1 Å². The zero-order valence-corrected chi connectivity index (χ0v) is 11.0. The minimum atomic E-state index is 0.670. The molecule has 0 aromatic carbocycles. The highest BCUT2D eigenvalue weighted by Crippen LogP contribution is 2.28. The van der Waals surface area contributed by atoms with Crippen LogP contribution in [0.3, 0.4) is 0 Å². The number of piperidine rings is 1. The van der Waals surface area contributed by atoms with Crippen molar-refractivity contribution in [3.05, 3.63) is 23.9 Å². The Morgan fingerprint density at radius 3 is 2.47 bits per heavy atom. The van der Waals surface area contributed by atoms with Crippen molar-refractivity contribution >= 4 is 0 Å². The van der Waals surface area contributed by atoms with Gasteiger partial charge in [-0.25, -0.2) is 4.98 Å². The molecule has 0 atom stereocenters. The fourth-order valence-electron chi connectivity index (χ4n) is 2.50. The van der Waals surface area contributed by atoms with Crippen LogP contribution in [0.2, 0.25) is 0 Å². The SMILES string of the molecule is COc1ccc(C2CCN(C(C)C)CC2)cn1. The van der Waals surface area contributed by atoms with Crippen LogP contribution in [0.1, 0.15) is 38.2 Å². The number of nitrogens with zero attached hydrogens (tertiary/aromatic N) is 2. The van der Waals surface area contributed by atoms with E-state index in [1.165, 1.54) is 31.5 Å². The summed E-state index contributed by atoms with van der Waals surface area (Å²) in [5, 5.41) is 0. The smallest absolute Gasteiger partial charge is 0.212 e. The van der Waals surface area contributed by atoms with Crippen LogP contribution in [0.25, 0.3) is 0 Å². The molecular formula is C14H22N2O. The maximum Gasteiger partial charge on any atom is 0.212 e. The summed E-state index contributed by atoms with van der Waals surface area (Å²) >= 11 is 0. The molecule has 1 aliphatic heterocycles. The summed E-state index contributed by atoms with van der Waals surface area (Å²) in [6.07, 6.45) is 4.45. The molecule has 1 aromatic rings. The molecule has 3 nitrogen and oxygen atoms in total. The van der Waals surface area contributed by atoms with Crippen LogP contribution < -0.4 is 4.74 Å². The Bertz CT molecular complexity index is 340. The van der Waals surface area contributed by atoms with Gasteiger partial charge in [-0.3, -0.25) is 0 Å². The summed E-state index contributed by atoms with van der Waals surface area (Å²) in [6, 6.07) is 4.79. The fraction of sp³-hybridized carbons (Fsp3) is 0.643. The Hall–Kier alpha value is -1.09. The molecular weight excluding hydrogens is 212 g/mol.